The Morgan fingerprint density at radius 2 is 2.00 bits per heavy atom. The van der Waals surface area contributed by atoms with E-state index >= 15 is 0 Å². The van der Waals surface area contributed by atoms with Crippen LogP contribution in [0, 0.1) is 6.92 Å². The van der Waals surface area contributed by atoms with Crippen LogP contribution >= 0.6 is 0 Å². The number of fused-ring (bicyclic) bond motifs is 1. The van der Waals surface area contributed by atoms with Crippen LogP contribution < -0.4 is 5.73 Å². The third kappa shape index (κ3) is 1.49. The molecule has 0 spiro atoms. The van der Waals surface area contributed by atoms with Gasteiger partial charge in [0.05, 0.1) is 5.52 Å². The van der Waals surface area contributed by atoms with Crippen molar-refractivity contribution in [2.24, 2.45) is 5.73 Å². The third-order valence-corrected chi connectivity index (χ3v) is 2.38. The van der Waals surface area contributed by atoms with E-state index in [0.717, 1.165) is 22.2 Å². The summed E-state index contributed by atoms with van der Waals surface area (Å²) in [5, 5.41) is 1.16. The van der Waals surface area contributed by atoms with Crippen molar-refractivity contribution in [2.75, 3.05) is 0 Å². The minimum Gasteiger partial charge on any atom is -0.324 e. The number of para-hydroxylation sites is 1. The van der Waals surface area contributed by atoms with Crippen molar-refractivity contribution in [2.45, 2.75) is 19.9 Å². The van der Waals surface area contributed by atoms with Crippen molar-refractivity contribution in [3.8, 4) is 0 Å². The van der Waals surface area contributed by atoms with E-state index in [4.69, 9.17) is 5.73 Å². The normalized spacial score (nSPS) is 13.1. The maximum absolute atomic E-state index is 5.89. The largest absolute Gasteiger partial charge is 0.324 e. The van der Waals surface area contributed by atoms with E-state index in [0.29, 0.717) is 0 Å². The number of nitrogens with zero attached hydrogens (tertiary/aromatic N) is 1. The zero-order valence-corrected chi connectivity index (χ0v) is 8.49. The van der Waals surface area contributed by atoms with Gasteiger partial charge in [-0.1, -0.05) is 24.3 Å². The fourth-order valence-corrected chi connectivity index (χ4v) is 1.64. The second-order valence-electron chi connectivity index (χ2n) is 3.66. The van der Waals surface area contributed by atoms with E-state index in [1.807, 2.05) is 32.0 Å². The molecule has 2 nitrogen and oxygen atoms in total. The number of pyridine rings is 1. The van der Waals surface area contributed by atoms with Crippen LogP contribution in [0.5, 0.6) is 0 Å². The van der Waals surface area contributed by atoms with E-state index in [-0.39, 0.29) is 6.04 Å². The fourth-order valence-electron chi connectivity index (χ4n) is 1.64. The number of aromatic nitrogens is 1. The zero-order valence-electron chi connectivity index (χ0n) is 8.49. The van der Waals surface area contributed by atoms with Gasteiger partial charge in [-0.3, -0.25) is 4.98 Å². The van der Waals surface area contributed by atoms with Gasteiger partial charge in [0, 0.05) is 17.1 Å². The van der Waals surface area contributed by atoms with Gasteiger partial charge >= 0.3 is 0 Å². The topological polar surface area (TPSA) is 38.9 Å². The molecule has 0 amide bonds. The highest BCUT2D eigenvalue weighted by molar-refractivity contribution is 5.82. The summed E-state index contributed by atoms with van der Waals surface area (Å²) >= 11 is 0. The Hall–Kier alpha value is -1.41. The van der Waals surface area contributed by atoms with Crippen molar-refractivity contribution < 1.29 is 0 Å². The van der Waals surface area contributed by atoms with Gasteiger partial charge in [-0.15, -0.1) is 0 Å². The highest BCUT2D eigenvalue weighted by atomic mass is 14.7. The highest BCUT2D eigenvalue weighted by Crippen LogP contribution is 2.21. The van der Waals surface area contributed by atoms with E-state index in [2.05, 4.69) is 17.1 Å². The molecule has 2 heteroatoms. The van der Waals surface area contributed by atoms with Gasteiger partial charge in [-0.05, 0) is 25.5 Å². The Morgan fingerprint density at radius 3 is 2.71 bits per heavy atom. The SMILES string of the molecule is Cc1ccc2cccc(C(C)N)c2n1. The van der Waals surface area contributed by atoms with Crippen molar-refractivity contribution in [3.05, 3.63) is 41.6 Å². The Kier molecular flexibility index (Phi) is 2.22. The lowest BCUT2D eigenvalue weighted by Gasteiger charge is -2.09. The minimum absolute atomic E-state index is 0.0352. The molecule has 0 fully saturated rings. The molecule has 2 rings (SSSR count). The lowest BCUT2D eigenvalue weighted by molar-refractivity contribution is 0.823. The average molecular weight is 186 g/mol. The van der Waals surface area contributed by atoms with Gasteiger partial charge < -0.3 is 5.73 Å². The lowest BCUT2D eigenvalue weighted by atomic mass is 10.0. The highest BCUT2D eigenvalue weighted by Gasteiger charge is 2.05. The number of hydrogen-bond donors (Lipinski definition) is 1. The average Bonchev–Trinajstić information content (AvgIpc) is 2.16. The summed E-state index contributed by atoms with van der Waals surface area (Å²) in [4.78, 5) is 4.52. The molecule has 1 aromatic heterocycles. The van der Waals surface area contributed by atoms with Crippen LogP contribution in [0.15, 0.2) is 30.3 Å². The number of aryl methyl sites for hydroxylation is 1. The first kappa shape index (κ1) is 9.16. The van der Waals surface area contributed by atoms with E-state index < -0.39 is 0 Å². The summed E-state index contributed by atoms with van der Waals surface area (Å²) in [5.41, 5.74) is 9.07. The van der Waals surface area contributed by atoms with Crippen LogP contribution in [0.1, 0.15) is 24.2 Å². The molecule has 2 N–H and O–H groups in total. The summed E-state index contributed by atoms with van der Waals surface area (Å²) in [6.45, 7) is 3.98. The standard InChI is InChI=1S/C12H14N2/c1-8-6-7-10-4-3-5-11(9(2)13)12(10)14-8/h3-7,9H,13H2,1-2H3. The van der Waals surface area contributed by atoms with Gasteiger partial charge in [0.1, 0.15) is 0 Å². The zero-order chi connectivity index (χ0) is 10.1. The van der Waals surface area contributed by atoms with Crippen LogP contribution in [0.25, 0.3) is 10.9 Å². The molecular weight excluding hydrogens is 172 g/mol. The predicted molar refractivity (Wildman–Crippen MR) is 59.1 cm³/mol. The molecule has 0 aliphatic carbocycles. The van der Waals surface area contributed by atoms with Crippen LogP contribution in [0.4, 0.5) is 0 Å². The predicted octanol–water partition coefficient (Wildman–Crippen LogP) is 2.56. The van der Waals surface area contributed by atoms with Gasteiger partial charge in [0.15, 0.2) is 0 Å². The van der Waals surface area contributed by atoms with Crippen LogP contribution in [0.3, 0.4) is 0 Å². The fraction of sp³-hybridized carbons (Fsp3) is 0.250. The molecule has 0 aliphatic rings. The summed E-state index contributed by atoms with van der Waals surface area (Å²) in [7, 11) is 0. The van der Waals surface area contributed by atoms with Crippen LogP contribution in [-0.4, -0.2) is 4.98 Å². The Labute approximate surface area is 83.8 Å². The third-order valence-electron chi connectivity index (χ3n) is 2.38. The smallest absolute Gasteiger partial charge is 0.0752 e. The molecule has 72 valence electrons. The quantitative estimate of drug-likeness (QED) is 0.743. The molecule has 0 saturated heterocycles. The van der Waals surface area contributed by atoms with E-state index in [9.17, 15) is 0 Å². The molecule has 1 atom stereocenters. The number of rotatable bonds is 1. The number of benzene rings is 1. The molecule has 1 unspecified atom stereocenters. The molecule has 0 radical (unpaired) electrons. The van der Waals surface area contributed by atoms with Crippen LogP contribution in [0.2, 0.25) is 0 Å². The van der Waals surface area contributed by atoms with Gasteiger partial charge in [-0.25, -0.2) is 0 Å². The molecule has 1 heterocycles. The second-order valence-corrected chi connectivity index (χ2v) is 3.66. The second kappa shape index (κ2) is 3.39. The molecule has 2 aromatic rings. The maximum atomic E-state index is 5.89. The van der Waals surface area contributed by atoms with Crippen LogP contribution in [-0.2, 0) is 0 Å². The summed E-state index contributed by atoms with van der Waals surface area (Å²) in [5.74, 6) is 0. The first-order valence-corrected chi connectivity index (χ1v) is 4.80. The first-order chi connectivity index (χ1) is 6.68. The summed E-state index contributed by atoms with van der Waals surface area (Å²) in [6, 6.07) is 10.3. The summed E-state index contributed by atoms with van der Waals surface area (Å²) < 4.78 is 0. The van der Waals surface area contributed by atoms with E-state index in [1.165, 1.54) is 0 Å². The Bertz CT molecular complexity index is 461. The van der Waals surface area contributed by atoms with Crippen molar-refractivity contribution in [3.63, 3.8) is 0 Å². The van der Waals surface area contributed by atoms with Crippen molar-refractivity contribution in [1.82, 2.24) is 4.98 Å². The number of nitrogens with two attached hydrogens (primary N) is 1. The van der Waals surface area contributed by atoms with Gasteiger partial charge in [-0.2, -0.15) is 0 Å². The Balaban J connectivity index is 2.77. The Morgan fingerprint density at radius 1 is 1.21 bits per heavy atom. The van der Waals surface area contributed by atoms with Crippen molar-refractivity contribution in [1.29, 1.82) is 0 Å². The molecule has 0 saturated carbocycles. The molecule has 14 heavy (non-hydrogen) atoms. The van der Waals surface area contributed by atoms with Crippen molar-refractivity contribution >= 4 is 10.9 Å². The monoisotopic (exact) mass is 186 g/mol. The van der Waals surface area contributed by atoms with Gasteiger partial charge in [0.2, 0.25) is 0 Å². The molecular formula is C12H14N2. The molecule has 0 bridgehead atoms. The molecule has 0 aliphatic heterocycles. The maximum Gasteiger partial charge on any atom is 0.0752 e. The van der Waals surface area contributed by atoms with Gasteiger partial charge in [0.25, 0.3) is 0 Å². The summed E-state index contributed by atoms with van der Waals surface area (Å²) in [6.07, 6.45) is 0. The first-order valence-electron chi connectivity index (χ1n) is 4.80. The molecule has 1 aromatic carbocycles. The number of hydrogen-bond acceptors (Lipinski definition) is 2. The minimum atomic E-state index is 0.0352. The lowest BCUT2D eigenvalue weighted by Crippen LogP contribution is -2.06. The van der Waals surface area contributed by atoms with E-state index in [1.54, 1.807) is 0 Å².